The molecule has 0 saturated carbocycles. The van der Waals surface area contributed by atoms with Gasteiger partial charge in [0.25, 0.3) is 5.91 Å². The third-order valence-electron chi connectivity index (χ3n) is 6.56. The van der Waals surface area contributed by atoms with Crippen LogP contribution in [-0.4, -0.2) is 48.0 Å². The molecule has 4 aromatic rings. The number of carbonyl (C=O) groups excluding carboxylic acids is 2. The van der Waals surface area contributed by atoms with Crippen molar-refractivity contribution in [1.82, 2.24) is 14.8 Å². The van der Waals surface area contributed by atoms with E-state index < -0.39 is 23.7 Å². The molecule has 3 aromatic carbocycles. The summed E-state index contributed by atoms with van der Waals surface area (Å²) in [6, 6.07) is 12.6. The highest BCUT2D eigenvalue weighted by atomic mass is 35.5. The summed E-state index contributed by atoms with van der Waals surface area (Å²) >= 11 is 6.23. The van der Waals surface area contributed by atoms with Crippen LogP contribution in [0.5, 0.6) is 23.0 Å². The van der Waals surface area contributed by atoms with Crippen LogP contribution in [0.1, 0.15) is 28.9 Å². The Balaban J connectivity index is 1.52. The van der Waals surface area contributed by atoms with E-state index in [1.54, 1.807) is 29.8 Å². The van der Waals surface area contributed by atoms with Crippen molar-refractivity contribution in [2.45, 2.75) is 13.0 Å². The molecular weight excluding hydrogens is 569 g/mol. The van der Waals surface area contributed by atoms with Crippen molar-refractivity contribution in [2.75, 3.05) is 32.0 Å². The zero-order valence-electron chi connectivity index (χ0n) is 22.9. The van der Waals surface area contributed by atoms with Gasteiger partial charge in [0.2, 0.25) is 5.95 Å². The summed E-state index contributed by atoms with van der Waals surface area (Å²) in [6.07, 6.45) is 1.36. The highest BCUT2D eigenvalue weighted by Crippen LogP contribution is 2.41. The molecule has 1 atom stereocenters. The van der Waals surface area contributed by atoms with Crippen molar-refractivity contribution in [3.8, 4) is 23.0 Å². The van der Waals surface area contributed by atoms with Crippen LogP contribution in [0, 0.1) is 5.82 Å². The monoisotopic (exact) mass is 593 g/mol. The predicted molar refractivity (Wildman–Crippen MR) is 152 cm³/mol. The third kappa shape index (κ3) is 5.31. The van der Waals surface area contributed by atoms with Crippen molar-refractivity contribution in [1.29, 1.82) is 0 Å². The quantitative estimate of drug-likeness (QED) is 0.208. The number of carbonyl (C=O) groups is 2. The summed E-state index contributed by atoms with van der Waals surface area (Å²) in [5.41, 5.74) is 1.51. The number of allylic oxidation sites excluding steroid dienone is 1. The lowest BCUT2D eigenvalue weighted by molar-refractivity contribution is -0.113. The molecule has 5 rings (SSSR count). The normalized spacial score (nSPS) is 14.0. The second-order valence-electron chi connectivity index (χ2n) is 9.02. The molecule has 0 spiro atoms. The van der Waals surface area contributed by atoms with Crippen LogP contribution >= 0.6 is 11.6 Å². The van der Waals surface area contributed by atoms with Gasteiger partial charge in [-0.05, 0) is 36.8 Å². The van der Waals surface area contributed by atoms with Gasteiger partial charge < -0.3 is 29.6 Å². The largest absolute Gasteiger partial charge is 0.495 e. The Kier molecular flexibility index (Phi) is 7.98. The summed E-state index contributed by atoms with van der Waals surface area (Å²) in [5.74, 6) is -0.736. The van der Waals surface area contributed by atoms with Crippen LogP contribution in [0.15, 0.2) is 72.2 Å². The van der Waals surface area contributed by atoms with E-state index >= 15 is 0 Å². The molecule has 0 aliphatic carbocycles. The number of esters is 1. The third-order valence-corrected chi connectivity index (χ3v) is 6.86. The molecule has 0 radical (unpaired) electrons. The maximum absolute atomic E-state index is 14.1. The van der Waals surface area contributed by atoms with E-state index in [4.69, 9.17) is 30.5 Å². The first-order valence-electron chi connectivity index (χ1n) is 12.5. The number of halogens is 2. The molecule has 2 heterocycles. The van der Waals surface area contributed by atoms with Crippen molar-refractivity contribution >= 4 is 35.1 Å². The number of hydrogen-bond acceptors (Lipinski definition) is 9. The molecule has 0 bridgehead atoms. The lowest BCUT2D eigenvalue weighted by Gasteiger charge is -2.29. The molecule has 1 aliphatic rings. The Morgan fingerprint density at radius 3 is 2.43 bits per heavy atom. The number of anilines is 2. The van der Waals surface area contributed by atoms with E-state index in [0.29, 0.717) is 45.0 Å². The van der Waals surface area contributed by atoms with Gasteiger partial charge in [0, 0.05) is 17.8 Å². The standard InChI is InChI=1S/C29H25ClFN5O6/c1-15-25(27(37)35-20-13-22(39-2)18(30)12-23(20)40-3)26(36-29(34-15)32-14-33-36)16-9-10-21(24(11-16)41-4)42-28(38)17-7-5-6-8-19(17)31/h5-14,26H,1-4H3,(H,35,37)(H,32,33,34). The van der Waals surface area contributed by atoms with Crippen LogP contribution in [-0.2, 0) is 4.79 Å². The van der Waals surface area contributed by atoms with Gasteiger partial charge >= 0.3 is 5.97 Å². The van der Waals surface area contributed by atoms with Gasteiger partial charge in [-0.25, -0.2) is 13.9 Å². The number of amides is 1. The molecule has 0 fully saturated rings. The first kappa shape index (κ1) is 28.4. The van der Waals surface area contributed by atoms with Crippen molar-refractivity contribution in [3.63, 3.8) is 0 Å². The van der Waals surface area contributed by atoms with E-state index in [9.17, 15) is 14.0 Å². The van der Waals surface area contributed by atoms with Gasteiger partial charge in [-0.2, -0.15) is 10.1 Å². The highest BCUT2D eigenvalue weighted by molar-refractivity contribution is 6.32. The molecule has 1 unspecified atom stereocenters. The highest BCUT2D eigenvalue weighted by Gasteiger charge is 2.34. The maximum Gasteiger partial charge on any atom is 0.346 e. The molecule has 42 heavy (non-hydrogen) atoms. The number of ether oxygens (including phenoxy) is 4. The van der Waals surface area contributed by atoms with Crippen LogP contribution in [0.25, 0.3) is 0 Å². The number of benzene rings is 3. The van der Waals surface area contributed by atoms with Crippen LogP contribution in [0.3, 0.4) is 0 Å². The summed E-state index contributed by atoms with van der Waals surface area (Å²) in [4.78, 5) is 30.8. The van der Waals surface area contributed by atoms with Gasteiger partial charge in [-0.15, -0.1) is 0 Å². The van der Waals surface area contributed by atoms with Crippen LogP contribution in [0.4, 0.5) is 16.0 Å². The van der Waals surface area contributed by atoms with E-state index in [2.05, 4.69) is 20.7 Å². The fourth-order valence-electron chi connectivity index (χ4n) is 4.56. The lowest BCUT2D eigenvalue weighted by Crippen LogP contribution is -2.31. The Bertz CT molecular complexity index is 1720. The topological polar surface area (TPSA) is 126 Å². The number of aromatic nitrogens is 3. The second kappa shape index (κ2) is 11.8. The van der Waals surface area contributed by atoms with Crippen LogP contribution in [0.2, 0.25) is 5.02 Å². The Morgan fingerprint density at radius 1 is 0.976 bits per heavy atom. The van der Waals surface area contributed by atoms with Crippen LogP contribution < -0.4 is 29.6 Å². The number of rotatable bonds is 8. The molecular formula is C29H25ClFN5O6. The fourth-order valence-corrected chi connectivity index (χ4v) is 4.79. The van der Waals surface area contributed by atoms with Gasteiger partial charge in [0.05, 0.1) is 43.2 Å². The van der Waals surface area contributed by atoms with Crippen molar-refractivity contribution in [2.24, 2.45) is 0 Å². The minimum atomic E-state index is -0.886. The van der Waals surface area contributed by atoms with E-state index in [0.717, 1.165) is 0 Å². The SMILES string of the molecule is COc1cc(NC(=O)C2=C(C)Nc3ncnn3C2c2ccc(OC(=O)c3ccccc3F)c(OC)c2)c(OC)cc1Cl. The molecule has 0 saturated heterocycles. The zero-order valence-corrected chi connectivity index (χ0v) is 23.7. The number of methoxy groups -OCH3 is 3. The molecule has 216 valence electrons. The summed E-state index contributed by atoms with van der Waals surface area (Å²) in [6.45, 7) is 1.74. The average molecular weight is 594 g/mol. The van der Waals surface area contributed by atoms with E-state index in [1.165, 1.54) is 64.1 Å². The molecule has 1 aliphatic heterocycles. The summed E-state index contributed by atoms with van der Waals surface area (Å²) in [7, 11) is 4.32. The molecule has 1 amide bonds. The van der Waals surface area contributed by atoms with Gasteiger partial charge in [0.15, 0.2) is 11.5 Å². The zero-order chi connectivity index (χ0) is 30.0. The first-order valence-corrected chi connectivity index (χ1v) is 12.9. The average Bonchev–Trinajstić information content (AvgIpc) is 3.45. The summed E-state index contributed by atoms with van der Waals surface area (Å²) < 4.78 is 37.4. The van der Waals surface area contributed by atoms with E-state index in [-0.39, 0.29) is 17.1 Å². The number of hydrogen-bond donors (Lipinski definition) is 2. The molecule has 11 nitrogen and oxygen atoms in total. The summed E-state index contributed by atoms with van der Waals surface area (Å²) in [5, 5.41) is 10.6. The number of nitrogens with one attached hydrogen (secondary N) is 2. The van der Waals surface area contributed by atoms with Gasteiger partial charge in [0.1, 0.15) is 29.7 Å². The number of fused-ring (bicyclic) bond motifs is 1. The maximum atomic E-state index is 14.1. The molecule has 2 N–H and O–H groups in total. The Labute approximate surface area is 244 Å². The Hall–Kier alpha value is -5.10. The van der Waals surface area contributed by atoms with Gasteiger partial charge in [-0.3, -0.25) is 4.79 Å². The minimum absolute atomic E-state index is 0.0620. The molecule has 13 heteroatoms. The van der Waals surface area contributed by atoms with Crippen molar-refractivity contribution < 1.29 is 32.9 Å². The molecule has 1 aromatic heterocycles. The smallest absolute Gasteiger partial charge is 0.346 e. The Morgan fingerprint density at radius 2 is 1.71 bits per heavy atom. The number of nitrogens with zero attached hydrogens (tertiary/aromatic N) is 3. The van der Waals surface area contributed by atoms with Gasteiger partial charge in [-0.1, -0.05) is 29.8 Å². The van der Waals surface area contributed by atoms with E-state index in [1.807, 2.05) is 0 Å². The second-order valence-corrected chi connectivity index (χ2v) is 9.42. The predicted octanol–water partition coefficient (Wildman–Crippen LogP) is 5.24. The van der Waals surface area contributed by atoms with Crippen molar-refractivity contribution in [3.05, 3.63) is 94.2 Å². The fraction of sp³-hybridized carbons (Fsp3) is 0.172. The minimum Gasteiger partial charge on any atom is -0.495 e. The first-order chi connectivity index (χ1) is 20.2. The lowest BCUT2D eigenvalue weighted by atomic mass is 9.94.